The third-order valence-electron chi connectivity index (χ3n) is 3.85. The Morgan fingerprint density at radius 1 is 1.15 bits per heavy atom. The molecule has 0 atom stereocenters. The highest BCUT2D eigenvalue weighted by Gasteiger charge is 2.11. The van der Waals surface area contributed by atoms with Gasteiger partial charge in [0.25, 0.3) is 0 Å². The number of sulfone groups is 1. The fourth-order valence-corrected chi connectivity index (χ4v) is 4.72. The number of guanidine groups is 1. The van der Waals surface area contributed by atoms with Crippen LogP contribution in [0, 0.1) is 6.92 Å². The average molecular weight is 394 g/mol. The molecule has 1 heterocycles. The van der Waals surface area contributed by atoms with Gasteiger partial charge >= 0.3 is 0 Å². The van der Waals surface area contributed by atoms with Crippen LogP contribution in [-0.4, -0.2) is 33.2 Å². The van der Waals surface area contributed by atoms with Crippen LogP contribution in [0.4, 0.5) is 0 Å². The van der Waals surface area contributed by atoms with Crippen LogP contribution in [-0.2, 0) is 22.1 Å². The van der Waals surface area contributed by atoms with Crippen LogP contribution >= 0.6 is 11.3 Å². The molecule has 0 fully saturated rings. The molecule has 0 saturated carbocycles. The molecule has 0 amide bonds. The molecular formula is C19H27N3O2S2. The molecule has 0 aliphatic carbocycles. The Balaban J connectivity index is 1.79. The highest BCUT2D eigenvalue weighted by molar-refractivity contribution is 7.90. The van der Waals surface area contributed by atoms with Gasteiger partial charge in [-0.25, -0.2) is 13.4 Å². The molecule has 1 aromatic carbocycles. The predicted molar refractivity (Wildman–Crippen MR) is 110 cm³/mol. The molecule has 0 spiro atoms. The van der Waals surface area contributed by atoms with Crippen LogP contribution in [0.15, 0.2) is 46.8 Å². The van der Waals surface area contributed by atoms with Crippen LogP contribution in [0.25, 0.3) is 0 Å². The lowest BCUT2D eigenvalue weighted by atomic mass is 10.2. The molecule has 2 N–H and O–H groups in total. The molecule has 2 aromatic rings. The molecule has 26 heavy (non-hydrogen) atoms. The largest absolute Gasteiger partial charge is 0.357 e. The SMILES string of the molecule is CCNC(=NCc1sccc1C)NCCCS(=O)(=O)Cc1ccccc1. The third kappa shape index (κ3) is 7.17. The van der Waals surface area contributed by atoms with Gasteiger partial charge in [-0.3, -0.25) is 0 Å². The molecule has 2 rings (SSSR count). The summed E-state index contributed by atoms with van der Waals surface area (Å²) in [7, 11) is -3.10. The second kappa shape index (κ2) is 10.3. The van der Waals surface area contributed by atoms with Gasteiger partial charge in [0.2, 0.25) is 0 Å². The van der Waals surface area contributed by atoms with Gasteiger partial charge in [0.05, 0.1) is 18.1 Å². The minimum absolute atomic E-state index is 0.0969. The van der Waals surface area contributed by atoms with Gasteiger partial charge in [0.1, 0.15) is 0 Å². The second-order valence-electron chi connectivity index (χ2n) is 6.08. The van der Waals surface area contributed by atoms with Crippen molar-refractivity contribution in [3.8, 4) is 0 Å². The predicted octanol–water partition coefficient (Wildman–Crippen LogP) is 3.12. The first kappa shape index (κ1) is 20.5. The smallest absolute Gasteiger partial charge is 0.191 e. The highest BCUT2D eigenvalue weighted by Crippen LogP contribution is 2.16. The van der Waals surface area contributed by atoms with Crippen LogP contribution in [0.5, 0.6) is 0 Å². The Labute approximate surface area is 160 Å². The molecule has 0 aliphatic heterocycles. The van der Waals surface area contributed by atoms with E-state index in [9.17, 15) is 8.42 Å². The first-order valence-corrected chi connectivity index (χ1v) is 11.5. The molecule has 0 saturated heterocycles. The summed E-state index contributed by atoms with van der Waals surface area (Å²) in [5, 5.41) is 8.48. The number of nitrogens with zero attached hydrogens (tertiary/aromatic N) is 1. The van der Waals surface area contributed by atoms with Gasteiger partial charge in [-0.1, -0.05) is 30.3 Å². The van der Waals surface area contributed by atoms with Crippen molar-refractivity contribution < 1.29 is 8.42 Å². The Bertz CT molecular complexity index is 799. The second-order valence-corrected chi connectivity index (χ2v) is 9.26. The summed E-state index contributed by atoms with van der Waals surface area (Å²) in [4.78, 5) is 5.82. The standard InChI is InChI=1S/C19H27N3O2S2/c1-3-20-19(22-14-18-16(2)10-12-25-18)21-11-7-13-26(23,24)15-17-8-5-4-6-9-17/h4-6,8-10,12H,3,7,11,13-15H2,1-2H3,(H2,20,21,22). The summed E-state index contributed by atoms with van der Waals surface area (Å²) in [5.41, 5.74) is 2.09. The van der Waals surface area contributed by atoms with E-state index in [1.165, 1.54) is 10.4 Å². The van der Waals surface area contributed by atoms with E-state index in [0.717, 1.165) is 18.1 Å². The molecule has 0 radical (unpaired) electrons. The van der Waals surface area contributed by atoms with E-state index in [4.69, 9.17) is 0 Å². The number of thiophene rings is 1. The van der Waals surface area contributed by atoms with Crippen LogP contribution < -0.4 is 10.6 Å². The van der Waals surface area contributed by atoms with Gasteiger partial charge in [0.15, 0.2) is 15.8 Å². The van der Waals surface area contributed by atoms with Crippen molar-refractivity contribution in [1.29, 1.82) is 0 Å². The van der Waals surface area contributed by atoms with Crippen molar-refractivity contribution in [3.05, 3.63) is 57.8 Å². The number of aryl methyl sites for hydroxylation is 1. The number of hydrogen-bond donors (Lipinski definition) is 2. The van der Waals surface area contributed by atoms with Crippen LogP contribution in [0.3, 0.4) is 0 Å². The van der Waals surface area contributed by atoms with Gasteiger partial charge in [0, 0.05) is 18.0 Å². The summed E-state index contributed by atoms with van der Waals surface area (Å²) < 4.78 is 24.4. The molecule has 1 aromatic heterocycles. The van der Waals surface area contributed by atoms with E-state index in [-0.39, 0.29) is 11.5 Å². The van der Waals surface area contributed by atoms with Crippen molar-refractivity contribution in [2.45, 2.75) is 32.6 Å². The van der Waals surface area contributed by atoms with E-state index in [1.807, 2.05) is 37.3 Å². The zero-order valence-corrected chi connectivity index (χ0v) is 17.0. The van der Waals surface area contributed by atoms with Crippen LogP contribution in [0.1, 0.15) is 29.3 Å². The number of nitrogens with one attached hydrogen (secondary N) is 2. The number of hydrogen-bond acceptors (Lipinski definition) is 4. The van der Waals surface area contributed by atoms with E-state index < -0.39 is 9.84 Å². The zero-order valence-electron chi connectivity index (χ0n) is 15.4. The topological polar surface area (TPSA) is 70.6 Å². The molecule has 7 heteroatoms. The maximum atomic E-state index is 12.2. The van der Waals surface area contributed by atoms with Crippen molar-refractivity contribution in [3.63, 3.8) is 0 Å². The summed E-state index contributed by atoms with van der Waals surface area (Å²) in [5.74, 6) is 0.985. The van der Waals surface area contributed by atoms with Crippen LogP contribution in [0.2, 0.25) is 0 Å². The summed E-state index contributed by atoms with van der Waals surface area (Å²) >= 11 is 1.70. The zero-order chi connectivity index (χ0) is 18.8. The maximum Gasteiger partial charge on any atom is 0.191 e. The Morgan fingerprint density at radius 2 is 1.92 bits per heavy atom. The summed E-state index contributed by atoms with van der Waals surface area (Å²) in [6.45, 7) is 6.06. The molecule has 0 bridgehead atoms. The summed E-state index contributed by atoms with van der Waals surface area (Å²) in [6.07, 6.45) is 0.553. The first-order valence-electron chi connectivity index (χ1n) is 8.79. The van der Waals surface area contributed by atoms with Gasteiger partial charge < -0.3 is 10.6 Å². The Kier molecular flexibility index (Phi) is 8.12. The minimum atomic E-state index is -3.10. The molecule has 5 nitrogen and oxygen atoms in total. The van der Waals surface area contributed by atoms with E-state index >= 15 is 0 Å². The van der Waals surface area contributed by atoms with Gasteiger partial charge in [-0.2, -0.15) is 0 Å². The minimum Gasteiger partial charge on any atom is -0.357 e. The van der Waals surface area contributed by atoms with Crippen molar-refractivity contribution in [2.75, 3.05) is 18.8 Å². The van der Waals surface area contributed by atoms with E-state index in [1.54, 1.807) is 11.3 Å². The maximum absolute atomic E-state index is 12.2. The summed E-state index contributed by atoms with van der Waals surface area (Å²) in [6, 6.07) is 11.4. The Morgan fingerprint density at radius 3 is 2.58 bits per heavy atom. The monoisotopic (exact) mass is 393 g/mol. The molecule has 0 aliphatic rings. The molecule has 0 unspecified atom stereocenters. The normalized spacial score (nSPS) is 12.2. The van der Waals surface area contributed by atoms with Crippen molar-refractivity contribution in [1.82, 2.24) is 10.6 Å². The number of aliphatic imine (C=N–C) groups is 1. The van der Waals surface area contributed by atoms with Crippen molar-refractivity contribution >= 4 is 27.1 Å². The average Bonchev–Trinajstić information content (AvgIpc) is 3.02. The lowest BCUT2D eigenvalue weighted by Gasteiger charge is -2.11. The van der Waals surface area contributed by atoms with E-state index in [0.29, 0.717) is 19.5 Å². The molecule has 142 valence electrons. The lowest BCUT2D eigenvalue weighted by molar-refractivity contribution is 0.591. The Hall–Kier alpha value is -1.86. The molecular weight excluding hydrogens is 366 g/mol. The van der Waals surface area contributed by atoms with E-state index in [2.05, 4.69) is 34.0 Å². The third-order valence-corrected chi connectivity index (χ3v) is 6.54. The quantitative estimate of drug-likeness (QED) is 0.390. The fourth-order valence-electron chi connectivity index (χ4n) is 2.46. The number of rotatable bonds is 9. The first-order chi connectivity index (χ1) is 12.5. The van der Waals surface area contributed by atoms with Crippen molar-refractivity contribution in [2.24, 2.45) is 4.99 Å². The van der Waals surface area contributed by atoms with Gasteiger partial charge in [-0.05, 0) is 42.8 Å². The highest BCUT2D eigenvalue weighted by atomic mass is 32.2. The fraction of sp³-hybridized carbons (Fsp3) is 0.421. The lowest BCUT2D eigenvalue weighted by Crippen LogP contribution is -2.38. The van der Waals surface area contributed by atoms with Gasteiger partial charge in [-0.15, -0.1) is 11.3 Å². The number of benzene rings is 1.